The molecule has 0 radical (unpaired) electrons. The first-order valence-corrected chi connectivity index (χ1v) is 9.60. The molecule has 9 heteroatoms. The maximum atomic E-state index is 12.4. The largest absolute Gasteiger partial charge is 0.493 e. The Morgan fingerprint density at radius 3 is 2.68 bits per heavy atom. The summed E-state index contributed by atoms with van der Waals surface area (Å²) in [5.41, 5.74) is 1.70. The summed E-state index contributed by atoms with van der Waals surface area (Å²) in [6, 6.07) is 14.6. The number of benzene rings is 2. The molecule has 158 valence electrons. The third kappa shape index (κ3) is 4.40. The molecule has 0 fully saturated rings. The molecule has 2 aromatic carbocycles. The average molecular weight is 419 g/mol. The quantitative estimate of drug-likeness (QED) is 0.595. The number of amides is 2. The minimum atomic E-state index is -0.402. The Kier molecular flexibility index (Phi) is 5.65. The number of fused-ring (bicyclic) bond motifs is 1. The van der Waals surface area contributed by atoms with Gasteiger partial charge in [-0.25, -0.2) is 4.68 Å². The van der Waals surface area contributed by atoms with E-state index in [1.807, 2.05) is 30.3 Å². The highest BCUT2D eigenvalue weighted by molar-refractivity contribution is 6.01. The summed E-state index contributed by atoms with van der Waals surface area (Å²) in [6.07, 6.45) is 3.25. The number of anilines is 2. The van der Waals surface area contributed by atoms with Crippen LogP contribution in [0.3, 0.4) is 0 Å². The monoisotopic (exact) mass is 419 g/mol. The number of carbonyl (C=O) groups is 2. The molecule has 1 aliphatic rings. The first kappa shape index (κ1) is 20.1. The van der Waals surface area contributed by atoms with Crippen molar-refractivity contribution in [1.29, 1.82) is 0 Å². The van der Waals surface area contributed by atoms with E-state index in [9.17, 15) is 9.59 Å². The van der Waals surface area contributed by atoms with Gasteiger partial charge in [-0.3, -0.25) is 20.2 Å². The summed E-state index contributed by atoms with van der Waals surface area (Å²) in [4.78, 5) is 28.7. The smallest absolute Gasteiger partial charge is 0.250 e. The number of methoxy groups -OCH3 is 2. The molecular weight excluding hydrogens is 398 g/mol. The Morgan fingerprint density at radius 1 is 1.16 bits per heavy atom. The molecule has 0 saturated carbocycles. The lowest BCUT2D eigenvalue weighted by Crippen LogP contribution is -2.29. The van der Waals surface area contributed by atoms with Gasteiger partial charge in [0.1, 0.15) is 0 Å². The molecule has 1 aromatic heterocycles. The van der Waals surface area contributed by atoms with Crippen molar-refractivity contribution in [2.45, 2.75) is 12.5 Å². The van der Waals surface area contributed by atoms with Crippen LogP contribution in [-0.2, 0) is 9.59 Å². The van der Waals surface area contributed by atoms with Gasteiger partial charge in [-0.2, -0.15) is 4.98 Å². The van der Waals surface area contributed by atoms with Gasteiger partial charge in [0.15, 0.2) is 11.5 Å². The number of carbonyl (C=O) groups excluding carboxylic acids is 2. The minimum absolute atomic E-state index is 0.111. The van der Waals surface area contributed by atoms with Crippen molar-refractivity contribution in [2.75, 3.05) is 24.9 Å². The SMILES string of the molecule is COc1ccc(/C=C/C(=O)Nc2nc3n(n2)C(c2ccccc2)CC(=O)N3)cc1OC. The summed E-state index contributed by atoms with van der Waals surface area (Å²) in [5.74, 6) is 1.02. The maximum Gasteiger partial charge on any atom is 0.250 e. The van der Waals surface area contributed by atoms with Crippen LogP contribution in [0.1, 0.15) is 23.6 Å². The van der Waals surface area contributed by atoms with Crippen LogP contribution in [0.2, 0.25) is 0 Å². The van der Waals surface area contributed by atoms with Crippen LogP contribution in [0.25, 0.3) is 6.08 Å². The van der Waals surface area contributed by atoms with Crippen molar-refractivity contribution in [2.24, 2.45) is 0 Å². The second kappa shape index (κ2) is 8.70. The highest BCUT2D eigenvalue weighted by Gasteiger charge is 2.29. The van der Waals surface area contributed by atoms with Gasteiger partial charge in [0.05, 0.1) is 26.7 Å². The Labute approximate surface area is 178 Å². The molecule has 0 spiro atoms. The van der Waals surface area contributed by atoms with Crippen molar-refractivity contribution in [3.63, 3.8) is 0 Å². The summed E-state index contributed by atoms with van der Waals surface area (Å²) in [7, 11) is 3.11. The van der Waals surface area contributed by atoms with E-state index in [1.165, 1.54) is 6.08 Å². The number of hydrogen-bond donors (Lipinski definition) is 2. The van der Waals surface area contributed by atoms with Crippen molar-refractivity contribution >= 4 is 29.8 Å². The van der Waals surface area contributed by atoms with Crippen molar-refractivity contribution < 1.29 is 19.1 Å². The van der Waals surface area contributed by atoms with Gasteiger partial charge in [-0.15, -0.1) is 5.10 Å². The van der Waals surface area contributed by atoms with E-state index in [0.29, 0.717) is 17.4 Å². The number of aromatic nitrogens is 3. The Bertz CT molecular complexity index is 1140. The van der Waals surface area contributed by atoms with E-state index in [1.54, 1.807) is 43.2 Å². The molecule has 2 N–H and O–H groups in total. The van der Waals surface area contributed by atoms with Gasteiger partial charge in [0.25, 0.3) is 11.9 Å². The van der Waals surface area contributed by atoms with Crippen molar-refractivity contribution in [3.8, 4) is 11.5 Å². The molecule has 31 heavy (non-hydrogen) atoms. The molecule has 1 unspecified atom stereocenters. The van der Waals surface area contributed by atoms with E-state index < -0.39 is 5.91 Å². The molecule has 0 saturated heterocycles. The lowest BCUT2D eigenvalue weighted by atomic mass is 10.0. The lowest BCUT2D eigenvalue weighted by molar-refractivity contribution is -0.117. The molecule has 9 nitrogen and oxygen atoms in total. The Hall–Kier alpha value is -4.14. The second-order valence-corrected chi connectivity index (χ2v) is 6.82. The molecule has 0 bridgehead atoms. The van der Waals surface area contributed by atoms with Crippen LogP contribution in [0.15, 0.2) is 54.6 Å². The van der Waals surface area contributed by atoms with Gasteiger partial charge in [-0.1, -0.05) is 36.4 Å². The molecule has 0 aliphatic carbocycles. The standard InChI is InChI=1S/C22H21N5O4/c1-30-17-10-8-14(12-18(17)31-2)9-11-19(28)23-21-25-22-24-20(29)13-16(27(22)26-21)15-6-4-3-5-7-15/h3-12,16H,13H2,1-2H3,(H2,23,24,25,26,28,29)/b11-9+. The van der Waals surface area contributed by atoms with Gasteiger partial charge in [0.2, 0.25) is 11.9 Å². The number of nitrogens with one attached hydrogen (secondary N) is 2. The first-order chi connectivity index (χ1) is 15.1. The number of rotatable bonds is 6. The number of nitrogens with zero attached hydrogens (tertiary/aromatic N) is 3. The average Bonchev–Trinajstić information content (AvgIpc) is 3.19. The Morgan fingerprint density at radius 2 is 1.94 bits per heavy atom. The van der Waals surface area contributed by atoms with Crippen LogP contribution < -0.4 is 20.1 Å². The zero-order valence-electron chi connectivity index (χ0n) is 17.0. The van der Waals surface area contributed by atoms with E-state index in [4.69, 9.17) is 9.47 Å². The molecule has 1 atom stereocenters. The third-order valence-corrected chi connectivity index (χ3v) is 4.81. The van der Waals surface area contributed by atoms with Gasteiger partial charge in [0, 0.05) is 6.08 Å². The summed E-state index contributed by atoms with van der Waals surface area (Å²) >= 11 is 0. The van der Waals surface area contributed by atoms with Crippen LogP contribution in [-0.4, -0.2) is 40.8 Å². The normalized spacial score (nSPS) is 15.3. The summed E-state index contributed by atoms with van der Waals surface area (Å²) in [5, 5.41) is 9.70. The van der Waals surface area contributed by atoms with Crippen molar-refractivity contribution in [3.05, 3.63) is 65.7 Å². The van der Waals surface area contributed by atoms with Gasteiger partial charge >= 0.3 is 0 Å². The lowest BCUT2D eigenvalue weighted by Gasteiger charge is -2.23. The highest BCUT2D eigenvalue weighted by atomic mass is 16.5. The van der Waals surface area contributed by atoms with E-state index in [0.717, 1.165) is 11.1 Å². The number of ether oxygens (including phenoxy) is 2. The predicted molar refractivity (Wildman–Crippen MR) is 115 cm³/mol. The topological polar surface area (TPSA) is 107 Å². The van der Waals surface area contributed by atoms with Crippen LogP contribution in [0.4, 0.5) is 11.9 Å². The summed E-state index contributed by atoms with van der Waals surface area (Å²) in [6.45, 7) is 0. The fraction of sp³-hybridized carbons (Fsp3) is 0.182. The predicted octanol–water partition coefficient (Wildman–Crippen LogP) is 2.88. The molecule has 2 amide bonds. The second-order valence-electron chi connectivity index (χ2n) is 6.82. The highest BCUT2D eigenvalue weighted by Crippen LogP contribution is 2.30. The maximum absolute atomic E-state index is 12.4. The van der Waals surface area contributed by atoms with E-state index >= 15 is 0 Å². The fourth-order valence-electron chi connectivity index (χ4n) is 3.33. The van der Waals surface area contributed by atoms with Gasteiger partial charge in [-0.05, 0) is 29.3 Å². The van der Waals surface area contributed by atoms with Crippen molar-refractivity contribution in [1.82, 2.24) is 14.8 Å². The molecule has 4 rings (SSSR count). The molecule has 1 aliphatic heterocycles. The van der Waals surface area contributed by atoms with E-state index in [-0.39, 0.29) is 24.3 Å². The fourth-order valence-corrected chi connectivity index (χ4v) is 3.33. The van der Waals surface area contributed by atoms with Crippen LogP contribution in [0.5, 0.6) is 11.5 Å². The zero-order valence-corrected chi connectivity index (χ0v) is 17.0. The molecule has 3 aromatic rings. The Balaban J connectivity index is 1.50. The minimum Gasteiger partial charge on any atom is -0.493 e. The summed E-state index contributed by atoms with van der Waals surface area (Å²) < 4.78 is 12.1. The molecular formula is C22H21N5O4. The number of hydrogen-bond acceptors (Lipinski definition) is 6. The van der Waals surface area contributed by atoms with Crippen LogP contribution in [0, 0.1) is 0 Å². The zero-order chi connectivity index (χ0) is 21.8. The van der Waals surface area contributed by atoms with E-state index in [2.05, 4.69) is 20.7 Å². The first-order valence-electron chi connectivity index (χ1n) is 9.60. The molecule has 2 heterocycles. The van der Waals surface area contributed by atoms with Gasteiger partial charge < -0.3 is 9.47 Å². The third-order valence-electron chi connectivity index (χ3n) is 4.81. The van der Waals surface area contributed by atoms with Crippen LogP contribution >= 0.6 is 0 Å².